The van der Waals surface area contributed by atoms with E-state index in [0.717, 1.165) is 48.9 Å². The SMILES string of the molecule is COc1ccccc1N1CCN(C(C)CN2C(=O)C3C(c4ccccc4N3C)N(C)C2=O)CC1. The van der Waals surface area contributed by atoms with Gasteiger partial charge in [-0.15, -0.1) is 0 Å². The third kappa shape index (κ3) is 3.57. The Balaban J connectivity index is 1.26. The van der Waals surface area contributed by atoms with Crippen molar-refractivity contribution in [1.82, 2.24) is 14.7 Å². The second-order valence-electron chi connectivity index (χ2n) is 9.45. The lowest BCUT2D eigenvalue weighted by Crippen LogP contribution is -2.63. The molecule has 3 amide bonds. The number of methoxy groups -OCH3 is 1. The lowest BCUT2D eigenvalue weighted by atomic mass is 9.98. The van der Waals surface area contributed by atoms with E-state index in [-0.39, 0.29) is 30.1 Å². The number of benzene rings is 2. The summed E-state index contributed by atoms with van der Waals surface area (Å²) in [5.41, 5.74) is 3.17. The van der Waals surface area contributed by atoms with Crippen LogP contribution in [0.2, 0.25) is 0 Å². The molecule has 2 aromatic carbocycles. The number of urea groups is 1. The molecule has 3 heterocycles. The van der Waals surface area contributed by atoms with Crippen LogP contribution in [0.25, 0.3) is 0 Å². The summed E-state index contributed by atoms with van der Waals surface area (Å²) in [4.78, 5) is 36.8. The number of rotatable bonds is 5. The van der Waals surface area contributed by atoms with Crippen molar-refractivity contribution in [2.75, 3.05) is 63.7 Å². The van der Waals surface area contributed by atoms with Crippen LogP contribution in [-0.2, 0) is 4.79 Å². The number of imide groups is 1. The minimum Gasteiger partial charge on any atom is -0.495 e. The molecular weight excluding hydrogens is 430 g/mol. The first-order valence-electron chi connectivity index (χ1n) is 11.9. The van der Waals surface area contributed by atoms with Crippen LogP contribution in [0.5, 0.6) is 5.75 Å². The van der Waals surface area contributed by atoms with Crippen molar-refractivity contribution in [3.63, 3.8) is 0 Å². The smallest absolute Gasteiger partial charge is 0.327 e. The molecule has 0 N–H and O–H groups in total. The van der Waals surface area contributed by atoms with Gasteiger partial charge in [-0.25, -0.2) is 4.79 Å². The number of hydrogen-bond acceptors (Lipinski definition) is 6. The Hall–Kier alpha value is -3.26. The zero-order valence-corrected chi connectivity index (χ0v) is 20.3. The monoisotopic (exact) mass is 463 g/mol. The van der Waals surface area contributed by atoms with Gasteiger partial charge in [0.25, 0.3) is 5.91 Å². The normalized spacial score (nSPS) is 23.8. The summed E-state index contributed by atoms with van der Waals surface area (Å²) in [6, 6.07) is 15.3. The van der Waals surface area contributed by atoms with Crippen LogP contribution in [-0.4, -0.2) is 92.7 Å². The maximum absolute atomic E-state index is 13.6. The number of likely N-dealkylation sites (N-methyl/N-ethyl adjacent to an activating group) is 2. The third-order valence-corrected chi connectivity index (χ3v) is 7.63. The highest BCUT2D eigenvalue weighted by Crippen LogP contribution is 2.44. The molecule has 34 heavy (non-hydrogen) atoms. The number of carbonyl (C=O) groups is 2. The van der Waals surface area contributed by atoms with Gasteiger partial charge in [0.05, 0.1) is 18.8 Å². The molecule has 2 saturated heterocycles. The molecule has 3 aliphatic heterocycles. The van der Waals surface area contributed by atoms with Crippen molar-refractivity contribution in [2.24, 2.45) is 0 Å². The zero-order valence-electron chi connectivity index (χ0n) is 20.3. The van der Waals surface area contributed by atoms with Crippen LogP contribution < -0.4 is 14.5 Å². The van der Waals surface area contributed by atoms with Crippen LogP contribution in [0.15, 0.2) is 48.5 Å². The Bertz CT molecular complexity index is 1080. The topological polar surface area (TPSA) is 59.6 Å². The first-order valence-corrected chi connectivity index (χ1v) is 11.9. The summed E-state index contributed by atoms with van der Waals surface area (Å²) in [5, 5.41) is 0. The van der Waals surface area contributed by atoms with Gasteiger partial charge in [-0.1, -0.05) is 30.3 Å². The lowest BCUT2D eigenvalue weighted by molar-refractivity contribution is -0.134. The van der Waals surface area contributed by atoms with Gasteiger partial charge >= 0.3 is 6.03 Å². The molecule has 0 saturated carbocycles. The first kappa shape index (κ1) is 22.5. The van der Waals surface area contributed by atoms with Crippen molar-refractivity contribution in [3.8, 4) is 5.75 Å². The predicted molar refractivity (Wildman–Crippen MR) is 132 cm³/mol. The average Bonchev–Trinajstić information content (AvgIpc) is 3.18. The largest absolute Gasteiger partial charge is 0.495 e. The molecule has 180 valence electrons. The summed E-state index contributed by atoms with van der Waals surface area (Å²) in [5.74, 6) is 0.777. The summed E-state index contributed by atoms with van der Waals surface area (Å²) < 4.78 is 5.53. The minimum atomic E-state index is -0.380. The second-order valence-corrected chi connectivity index (χ2v) is 9.45. The summed E-state index contributed by atoms with van der Waals surface area (Å²) in [7, 11) is 5.46. The molecule has 0 aromatic heterocycles. The number of carbonyl (C=O) groups excluding carboxylic acids is 2. The Morgan fingerprint density at radius 1 is 0.882 bits per heavy atom. The molecule has 5 rings (SSSR count). The van der Waals surface area contributed by atoms with E-state index in [1.807, 2.05) is 61.5 Å². The van der Waals surface area contributed by atoms with E-state index in [2.05, 4.69) is 22.8 Å². The number of anilines is 2. The van der Waals surface area contributed by atoms with Gasteiger partial charge < -0.3 is 19.4 Å². The number of para-hydroxylation sites is 3. The number of nitrogens with zero attached hydrogens (tertiary/aromatic N) is 5. The van der Waals surface area contributed by atoms with E-state index < -0.39 is 0 Å². The van der Waals surface area contributed by atoms with Crippen molar-refractivity contribution >= 4 is 23.3 Å². The van der Waals surface area contributed by atoms with E-state index in [1.165, 1.54) is 4.90 Å². The van der Waals surface area contributed by atoms with Crippen molar-refractivity contribution in [1.29, 1.82) is 0 Å². The predicted octanol–water partition coefficient (Wildman–Crippen LogP) is 2.66. The van der Waals surface area contributed by atoms with Crippen LogP contribution in [0, 0.1) is 0 Å². The van der Waals surface area contributed by atoms with E-state index in [9.17, 15) is 9.59 Å². The molecule has 0 radical (unpaired) electrons. The Morgan fingerprint density at radius 2 is 1.53 bits per heavy atom. The summed E-state index contributed by atoms with van der Waals surface area (Å²) in [6.07, 6.45) is 0. The van der Waals surface area contributed by atoms with E-state index >= 15 is 0 Å². The number of ether oxygens (including phenoxy) is 1. The van der Waals surface area contributed by atoms with Crippen molar-refractivity contribution in [2.45, 2.75) is 25.0 Å². The highest BCUT2D eigenvalue weighted by Gasteiger charge is 2.52. The Morgan fingerprint density at radius 3 is 2.24 bits per heavy atom. The number of amides is 3. The minimum absolute atomic E-state index is 0.0757. The van der Waals surface area contributed by atoms with E-state index in [1.54, 1.807) is 12.0 Å². The first-order chi connectivity index (χ1) is 16.4. The van der Waals surface area contributed by atoms with Crippen LogP contribution >= 0.6 is 0 Å². The summed E-state index contributed by atoms with van der Waals surface area (Å²) in [6.45, 7) is 5.97. The van der Waals surface area contributed by atoms with Crippen molar-refractivity contribution < 1.29 is 14.3 Å². The molecule has 3 atom stereocenters. The maximum Gasteiger partial charge on any atom is 0.327 e. The number of fused-ring (bicyclic) bond motifs is 3. The maximum atomic E-state index is 13.6. The molecule has 3 aliphatic rings. The fourth-order valence-electron chi connectivity index (χ4n) is 5.72. The van der Waals surface area contributed by atoms with E-state index in [0.29, 0.717) is 6.54 Å². The molecule has 2 aromatic rings. The van der Waals surface area contributed by atoms with Crippen molar-refractivity contribution in [3.05, 3.63) is 54.1 Å². The number of piperazine rings is 1. The molecule has 0 spiro atoms. The standard InChI is InChI=1S/C26H33N5O3/c1-18(29-13-15-30(16-14-29)21-11-7-8-12-22(21)34-4)17-31-25(32)24-23(28(3)26(31)33)19-9-5-6-10-20(19)27(24)2/h5-12,18,23-24H,13-17H2,1-4H3. The highest BCUT2D eigenvalue weighted by molar-refractivity contribution is 6.03. The second kappa shape index (κ2) is 8.83. The molecule has 8 heteroatoms. The molecule has 8 nitrogen and oxygen atoms in total. The molecule has 2 fully saturated rings. The van der Waals surface area contributed by atoms with Gasteiger partial charge in [0, 0.05) is 64.1 Å². The molecular formula is C26H33N5O3. The Labute approximate surface area is 201 Å². The van der Waals surface area contributed by atoms with Crippen LogP contribution in [0.1, 0.15) is 18.5 Å². The summed E-state index contributed by atoms with van der Waals surface area (Å²) >= 11 is 0. The van der Waals surface area contributed by atoms with Crippen LogP contribution in [0.3, 0.4) is 0 Å². The van der Waals surface area contributed by atoms with Gasteiger partial charge in [-0.3, -0.25) is 14.6 Å². The third-order valence-electron chi connectivity index (χ3n) is 7.63. The molecule has 0 bridgehead atoms. The average molecular weight is 464 g/mol. The van der Waals surface area contributed by atoms with Crippen LogP contribution in [0.4, 0.5) is 16.2 Å². The van der Waals surface area contributed by atoms with Gasteiger partial charge in [0.2, 0.25) is 0 Å². The van der Waals surface area contributed by atoms with Gasteiger partial charge in [0.1, 0.15) is 11.8 Å². The zero-order chi connectivity index (χ0) is 24.0. The fraction of sp³-hybridized carbons (Fsp3) is 0.462. The van der Waals surface area contributed by atoms with Gasteiger partial charge in [0.15, 0.2) is 0 Å². The lowest BCUT2D eigenvalue weighted by Gasteiger charge is -2.44. The van der Waals surface area contributed by atoms with Gasteiger partial charge in [-0.2, -0.15) is 0 Å². The van der Waals surface area contributed by atoms with E-state index in [4.69, 9.17) is 4.74 Å². The Kier molecular flexibility index (Phi) is 5.85. The molecule has 3 unspecified atom stereocenters. The number of hydrogen-bond donors (Lipinski definition) is 0. The highest BCUT2D eigenvalue weighted by atomic mass is 16.5. The molecule has 0 aliphatic carbocycles. The van der Waals surface area contributed by atoms with Gasteiger partial charge in [-0.05, 0) is 25.1 Å². The quantitative estimate of drug-likeness (QED) is 0.680. The fourth-order valence-corrected chi connectivity index (χ4v) is 5.72.